The summed E-state index contributed by atoms with van der Waals surface area (Å²) in [4.78, 5) is 76.3. The smallest absolute Gasteiger partial charge is 0.412 e. The molecule has 45 heavy (non-hydrogen) atoms. The summed E-state index contributed by atoms with van der Waals surface area (Å²) in [6.45, 7) is 3.43. The molecular weight excluding hydrogens is 629 g/mol. The minimum absolute atomic E-state index is 0.00479. The number of ether oxygens (including phenoxy) is 3. The Labute approximate surface area is 268 Å². The van der Waals surface area contributed by atoms with Gasteiger partial charge in [0, 0.05) is 6.20 Å². The minimum Gasteiger partial charge on any atom is -0.460 e. The van der Waals surface area contributed by atoms with Crippen molar-refractivity contribution in [2.75, 3.05) is 11.9 Å². The number of hydrogen-bond acceptors (Lipinski definition) is 9. The van der Waals surface area contributed by atoms with E-state index >= 15 is 0 Å². The van der Waals surface area contributed by atoms with Gasteiger partial charge in [0.2, 0.25) is 5.91 Å². The zero-order valence-corrected chi connectivity index (χ0v) is 26.1. The second kappa shape index (κ2) is 15.9. The van der Waals surface area contributed by atoms with E-state index in [0.29, 0.717) is 0 Å². The number of nitrogens with zero attached hydrogens (tertiary/aromatic N) is 1. The van der Waals surface area contributed by atoms with Gasteiger partial charge < -0.3 is 24.1 Å². The van der Waals surface area contributed by atoms with Gasteiger partial charge in [-0.05, 0) is 50.6 Å². The summed E-state index contributed by atoms with van der Waals surface area (Å²) in [5.74, 6) is -3.46. The van der Waals surface area contributed by atoms with Gasteiger partial charge in [-0.2, -0.15) is 0 Å². The Morgan fingerprint density at radius 3 is 2.20 bits per heavy atom. The van der Waals surface area contributed by atoms with Gasteiger partial charge in [0.15, 0.2) is 12.4 Å². The van der Waals surface area contributed by atoms with Crippen LogP contribution in [0, 0.1) is 0 Å². The van der Waals surface area contributed by atoms with Gasteiger partial charge in [-0.3, -0.25) is 24.5 Å². The molecule has 3 aromatic rings. The first-order chi connectivity index (χ1) is 21.2. The lowest BCUT2D eigenvalue weighted by Crippen LogP contribution is -2.46. The number of hydrogen-bond donors (Lipinski definition) is 2. The van der Waals surface area contributed by atoms with Crippen LogP contribution in [0.3, 0.4) is 0 Å². The molecule has 1 atom stereocenters. The number of carbonyl (C=O) groups excluding carboxylic acids is 5. The molecule has 1 heterocycles. The summed E-state index contributed by atoms with van der Waals surface area (Å²) in [5.41, 5.74) is -1.18. The largest absolute Gasteiger partial charge is 0.460 e. The topological polar surface area (TPSA) is 159 Å². The molecule has 2 amide bonds. The Bertz CT molecular complexity index is 1600. The molecule has 12 nitrogen and oxygen atoms in total. The fourth-order valence-corrected chi connectivity index (χ4v) is 4.37. The van der Waals surface area contributed by atoms with Gasteiger partial charge in [-0.15, -0.1) is 0 Å². The van der Waals surface area contributed by atoms with Crippen LogP contribution in [0.25, 0.3) is 0 Å². The van der Waals surface area contributed by atoms with E-state index in [2.05, 4.69) is 10.6 Å². The SMILES string of the molecule is CC(C)(C)OC(=O)CC(NC(=O)Cn1cccc(NC(=O)OCc2ccccc2)c1=O)C(=O)COC(=O)c1c(Cl)cccc1Cl. The first-order valence-corrected chi connectivity index (χ1v) is 14.3. The van der Waals surface area contributed by atoms with Crippen LogP contribution in [0.15, 0.2) is 71.7 Å². The van der Waals surface area contributed by atoms with E-state index in [1.807, 2.05) is 6.07 Å². The number of ketones is 1. The molecule has 0 spiro atoms. The van der Waals surface area contributed by atoms with Gasteiger partial charge in [0.1, 0.15) is 30.5 Å². The highest BCUT2D eigenvalue weighted by molar-refractivity contribution is 6.39. The molecule has 0 bridgehead atoms. The third kappa shape index (κ3) is 11.1. The summed E-state index contributed by atoms with van der Waals surface area (Å²) >= 11 is 12.0. The van der Waals surface area contributed by atoms with Crippen LogP contribution in [-0.2, 0) is 41.7 Å². The Morgan fingerprint density at radius 1 is 0.889 bits per heavy atom. The Balaban J connectivity index is 1.68. The lowest BCUT2D eigenvalue weighted by molar-refractivity contribution is -0.156. The van der Waals surface area contributed by atoms with Gasteiger partial charge >= 0.3 is 18.0 Å². The number of benzene rings is 2. The van der Waals surface area contributed by atoms with Crippen LogP contribution >= 0.6 is 23.2 Å². The van der Waals surface area contributed by atoms with Crippen LogP contribution in [0.4, 0.5) is 10.5 Å². The third-order valence-electron chi connectivity index (χ3n) is 5.81. The van der Waals surface area contributed by atoms with E-state index in [9.17, 15) is 28.8 Å². The maximum Gasteiger partial charge on any atom is 0.412 e. The van der Waals surface area contributed by atoms with Crippen LogP contribution in [-0.4, -0.2) is 52.5 Å². The van der Waals surface area contributed by atoms with Gasteiger partial charge in [0.05, 0.1) is 22.0 Å². The predicted molar refractivity (Wildman–Crippen MR) is 165 cm³/mol. The van der Waals surface area contributed by atoms with Crippen LogP contribution in [0.5, 0.6) is 0 Å². The van der Waals surface area contributed by atoms with E-state index in [1.165, 1.54) is 36.5 Å². The molecule has 0 aliphatic rings. The second-order valence-electron chi connectivity index (χ2n) is 10.6. The van der Waals surface area contributed by atoms with E-state index in [0.717, 1.165) is 10.1 Å². The summed E-state index contributed by atoms with van der Waals surface area (Å²) in [6.07, 6.45) is -0.174. The van der Waals surface area contributed by atoms with E-state index in [-0.39, 0.29) is 27.9 Å². The molecule has 238 valence electrons. The molecule has 1 aromatic heterocycles. The first kappa shape index (κ1) is 34.8. The number of amides is 2. The predicted octanol–water partition coefficient (Wildman–Crippen LogP) is 4.55. The number of aromatic nitrogens is 1. The second-order valence-corrected chi connectivity index (χ2v) is 11.4. The Morgan fingerprint density at radius 2 is 1.56 bits per heavy atom. The number of Topliss-reactive ketones (excluding diaryl/α,β-unsaturated/α-hetero) is 1. The van der Waals surface area contributed by atoms with Crippen molar-refractivity contribution in [2.45, 2.75) is 52.0 Å². The molecule has 2 aromatic carbocycles. The molecule has 1 unspecified atom stereocenters. The number of pyridine rings is 1. The maximum absolute atomic E-state index is 13.0. The van der Waals surface area contributed by atoms with Crippen molar-refractivity contribution >= 4 is 58.6 Å². The van der Waals surface area contributed by atoms with Crippen LogP contribution in [0.1, 0.15) is 43.1 Å². The standard InChI is InChI=1S/C31H31Cl2N3O9/c1-31(2,3)45-26(39)15-23(24(37)18-43-29(41)27-20(32)11-7-12-21(27)33)34-25(38)16-36-14-8-13-22(28(36)40)35-30(42)44-17-19-9-5-4-6-10-19/h4-14,23H,15-18H2,1-3H3,(H,34,38)(H,35,42). The summed E-state index contributed by atoms with van der Waals surface area (Å²) in [5, 5.41) is 4.74. The van der Waals surface area contributed by atoms with Gasteiger partial charge in [-0.1, -0.05) is 59.6 Å². The molecular formula is C31H31Cl2N3O9. The fourth-order valence-electron chi connectivity index (χ4n) is 3.82. The normalized spacial score (nSPS) is 11.6. The number of carbonyl (C=O) groups is 5. The highest BCUT2D eigenvalue weighted by atomic mass is 35.5. The lowest BCUT2D eigenvalue weighted by Gasteiger charge is -2.22. The minimum atomic E-state index is -1.48. The lowest BCUT2D eigenvalue weighted by atomic mass is 10.1. The van der Waals surface area contributed by atoms with Gasteiger partial charge in [0.25, 0.3) is 5.56 Å². The molecule has 2 N–H and O–H groups in total. The van der Waals surface area contributed by atoms with Crippen molar-refractivity contribution in [3.8, 4) is 0 Å². The van der Waals surface area contributed by atoms with Crippen molar-refractivity contribution in [2.24, 2.45) is 0 Å². The zero-order valence-electron chi connectivity index (χ0n) is 24.6. The first-order valence-electron chi connectivity index (χ1n) is 13.6. The zero-order chi connectivity index (χ0) is 33.1. The number of rotatable bonds is 12. The van der Waals surface area contributed by atoms with Crippen LogP contribution in [0.2, 0.25) is 10.0 Å². The van der Waals surface area contributed by atoms with Crippen molar-refractivity contribution in [1.82, 2.24) is 9.88 Å². The summed E-state index contributed by atoms with van der Waals surface area (Å²) in [7, 11) is 0. The van der Waals surface area contributed by atoms with Crippen molar-refractivity contribution in [3.05, 3.63) is 98.4 Å². The molecule has 0 saturated heterocycles. The molecule has 0 radical (unpaired) electrons. The third-order valence-corrected chi connectivity index (χ3v) is 6.44. The average Bonchev–Trinajstić information content (AvgIpc) is 2.96. The van der Waals surface area contributed by atoms with Crippen molar-refractivity contribution < 1.29 is 38.2 Å². The Kier molecular flexibility index (Phi) is 12.3. The highest BCUT2D eigenvalue weighted by Crippen LogP contribution is 2.25. The molecule has 14 heteroatoms. The van der Waals surface area contributed by atoms with Crippen molar-refractivity contribution in [3.63, 3.8) is 0 Å². The monoisotopic (exact) mass is 659 g/mol. The quantitative estimate of drug-likeness (QED) is 0.210. The van der Waals surface area contributed by atoms with Crippen LogP contribution < -0.4 is 16.2 Å². The number of anilines is 1. The summed E-state index contributed by atoms with van der Waals surface area (Å²) < 4.78 is 16.5. The Hall–Kier alpha value is -4.68. The molecule has 3 rings (SSSR count). The van der Waals surface area contributed by atoms with Crippen molar-refractivity contribution in [1.29, 1.82) is 0 Å². The average molecular weight is 661 g/mol. The molecule has 0 saturated carbocycles. The molecule has 0 aliphatic heterocycles. The number of nitrogens with one attached hydrogen (secondary N) is 2. The molecule has 0 fully saturated rings. The summed E-state index contributed by atoms with van der Waals surface area (Å²) in [6, 6.07) is 14.5. The number of halogens is 2. The maximum atomic E-state index is 13.0. The highest BCUT2D eigenvalue weighted by Gasteiger charge is 2.28. The number of esters is 2. The van der Waals surface area contributed by atoms with E-state index in [4.69, 9.17) is 37.4 Å². The van der Waals surface area contributed by atoms with E-state index < -0.39 is 66.5 Å². The fraction of sp³-hybridized carbons (Fsp3) is 0.290. The van der Waals surface area contributed by atoms with Gasteiger partial charge in [-0.25, -0.2) is 9.59 Å². The van der Waals surface area contributed by atoms with E-state index in [1.54, 1.807) is 45.0 Å². The molecule has 0 aliphatic carbocycles.